The van der Waals surface area contributed by atoms with Gasteiger partial charge in [-0.2, -0.15) is 0 Å². The topological polar surface area (TPSA) is 42.7 Å². The second-order valence-corrected chi connectivity index (χ2v) is 4.96. The normalized spacial score (nSPS) is 10.7. The fraction of sp³-hybridized carbons (Fsp3) is 0.385. The van der Waals surface area contributed by atoms with E-state index in [0.29, 0.717) is 0 Å². The average molecular weight is 309 g/mol. The Morgan fingerprint density at radius 3 is 2.67 bits per heavy atom. The predicted molar refractivity (Wildman–Crippen MR) is 77.7 cm³/mol. The Morgan fingerprint density at radius 2 is 2.06 bits per heavy atom. The van der Waals surface area contributed by atoms with Crippen molar-refractivity contribution in [3.05, 3.63) is 28.2 Å². The number of aryl methyl sites for hydroxylation is 1. The first-order chi connectivity index (χ1) is 8.67. The molecule has 1 N–H and O–H groups in total. The number of nitrogens with one attached hydrogen (secondary N) is 1. The molecule has 0 aliphatic rings. The molecule has 0 amide bonds. The van der Waals surface area contributed by atoms with Crippen LogP contribution >= 0.6 is 15.9 Å². The van der Waals surface area contributed by atoms with Crippen molar-refractivity contribution in [2.75, 3.05) is 11.9 Å². The molecule has 0 radical (unpaired) electrons. The number of hydrogen-bond donors (Lipinski definition) is 1. The lowest BCUT2D eigenvalue weighted by Gasteiger charge is -2.09. The molecule has 0 aliphatic carbocycles. The van der Waals surface area contributed by atoms with Crippen LogP contribution in [-0.4, -0.2) is 21.3 Å². The summed E-state index contributed by atoms with van der Waals surface area (Å²) in [5.41, 5.74) is 2.29. The summed E-state index contributed by atoms with van der Waals surface area (Å²) in [7, 11) is 0. The Labute approximate surface area is 116 Å². The molecule has 1 aromatic carbocycles. The van der Waals surface area contributed by atoms with Crippen molar-refractivity contribution in [1.29, 1.82) is 0 Å². The van der Waals surface area contributed by atoms with Gasteiger partial charge in [0.1, 0.15) is 0 Å². The average Bonchev–Trinajstić information content (AvgIpc) is 2.72. The van der Waals surface area contributed by atoms with Gasteiger partial charge >= 0.3 is 0 Å². The monoisotopic (exact) mass is 308 g/mol. The summed E-state index contributed by atoms with van der Waals surface area (Å²) in [6.07, 6.45) is 0. The molecule has 0 saturated carbocycles. The lowest BCUT2D eigenvalue weighted by molar-refractivity contribution is 0.770. The molecule has 1 heterocycles. The van der Waals surface area contributed by atoms with E-state index in [0.717, 1.165) is 34.9 Å². The number of benzene rings is 1. The molecule has 2 aromatic rings. The van der Waals surface area contributed by atoms with Crippen molar-refractivity contribution in [3.63, 3.8) is 0 Å². The van der Waals surface area contributed by atoms with Crippen LogP contribution in [0.25, 0.3) is 11.4 Å². The number of halogens is 1. The molecule has 18 heavy (non-hydrogen) atoms. The fourth-order valence-electron chi connectivity index (χ4n) is 1.89. The van der Waals surface area contributed by atoms with Gasteiger partial charge in [0, 0.05) is 23.1 Å². The van der Waals surface area contributed by atoms with Gasteiger partial charge in [0.05, 0.1) is 0 Å². The first-order valence-electron chi connectivity index (χ1n) is 6.11. The van der Waals surface area contributed by atoms with Crippen LogP contribution in [0.1, 0.15) is 19.4 Å². The molecular weight excluding hydrogens is 292 g/mol. The minimum atomic E-state index is 0.822. The summed E-state index contributed by atoms with van der Waals surface area (Å²) >= 11 is 3.59. The van der Waals surface area contributed by atoms with E-state index in [4.69, 9.17) is 0 Å². The van der Waals surface area contributed by atoms with Gasteiger partial charge in [-0.05, 0) is 38.5 Å². The Bertz CT molecular complexity index is 548. The van der Waals surface area contributed by atoms with Gasteiger partial charge in [-0.1, -0.05) is 22.0 Å². The second-order valence-electron chi connectivity index (χ2n) is 4.11. The minimum absolute atomic E-state index is 0.822. The zero-order valence-corrected chi connectivity index (χ0v) is 12.5. The molecule has 5 heteroatoms. The highest BCUT2D eigenvalue weighted by Crippen LogP contribution is 2.29. The second kappa shape index (κ2) is 5.52. The zero-order valence-electron chi connectivity index (χ0n) is 10.9. The maximum Gasteiger partial charge on any atom is 0.224 e. The summed E-state index contributed by atoms with van der Waals surface area (Å²) in [5.74, 6) is 1.71. The van der Waals surface area contributed by atoms with E-state index in [1.165, 1.54) is 5.56 Å². The Morgan fingerprint density at radius 1 is 1.28 bits per heavy atom. The Balaban J connectivity index is 2.50. The van der Waals surface area contributed by atoms with Crippen LogP contribution in [0.15, 0.2) is 22.7 Å². The van der Waals surface area contributed by atoms with Crippen molar-refractivity contribution in [1.82, 2.24) is 14.8 Å². The van der Waals surface area contributed by atoms with E-state index < -0.39 is 0 Å². The molecule has 0 fully saturated rings. The third kappa shape index (κ3) is 2.41. The van der Waals surface area contributed by atoms with Crippen LogP contribution in [0.2, 0.25) is 0 Å². The van der Waals surface area contributed by atoms with Gasteiger partial charge in [0.2, 0.25) is 5.95 Å². The van der Waals surface area contributed by atoms with E-state index in [-0.39, 0.29) is 0 Å². The van der Waals surface area contributed by atoms with E-state index in [1.54, 1.807) is 0 Å². The van der Waals surface area contributed by atoms with Crippen molar-refractivity contribution < 1.29 is 0 Å². The molecule has 1 aromatic heterocycles. The summed E-state index contributed by atoms with van der Waals surface area (Å²) in [5, 5.41) is 11.7. The van der Waals surface area contributed by atoms with Crippen molar-refractivity contribution in [2.45, 2.75) is 27.3 Å². The highest BCUT2D eigenvalue weighted by Gasteiger charge is 2.14. The van der Waals surface area contributed by atoms with Crippen molar-refractivity contribution in [2.24, 2.45) is 0 Å². The summed E-state index contributed by atoms with van der Waals surface area (Å²) in [6, 6.07) is 6.25. The molecule has 0 atom stereocenters. The third-order valence-corrected chi connectivity index (χ3v) is 3.42. The SMILES string of the molecule is CCNc1nnc(-c2ccc(C)cc2Br)n1CC. The standard InChI is InChI=1S/C13H17BrN4/c1-4-15-13-17-16-12(18(13)5-2)10-7-6-9(3)8-11(10)14/h6-8H,4-5H2,1-3H3,(H,15,17). The van der Waals surface area contributed by atoms with Crippen LogP contribution in [0.4, 0.5) is 5.95 Å². The molecule has 0 saturated heterocycles. The number of hydrogen-bond acceptors (Lipinski definition) is 3. The van der Waals surface area contributed by atoms with Crippen molar-refractivity contribution >= 4 is 21.9 Å². The van der Waals surface area contributed by atoms with E-state index in [1.807, 2.05) is 0 Å². The lowest BCUT2D eigenvalue weighted by Crippen LogP contribution is -2.07. The smallest absolute Gasteiger partial charge is 0.224 e. The third-order valence-electron chi connectivity index (χ3n) is 2.77. The van der Waals surface area contributed by atoms with E-state index in [2.05, 4.69) is 75.0 Å². The lowest BCUT2D eigenvalue weighted by atomic mass is 10.1. The van der Waals surface area contributed by atoms with Gasteiger partial charge in [-0.15, -0.1) is 10.2 Å². The predicted octanol–water partition coefficient (Wildman–Crippen LogP) is 3.47. The van der Waals surface area contributed by atoms with Crippen LogP contribution in [0, 0.1) is 6.92 Å². The number of rotatable bonds is 4. The van der Waals surface area contributed by atoms with Gasteiger partial charge in [-0.3, -0.25) is 4.57 Å². The number of nitrogens with zero attached hydrogens (tertiary/aromatic N) is 3. The first-order valence-corrected chi connectivity index (χ1v) is 6.90. The van der Waals surface area contributed by atoms with Gasteiger partial charge in [0.25, 0.3) is 0 Å². The van der Waals surface area contributed by atoms with Gasteiger partial charge in [-0.25, -0.2) is 0 Å². The van der Waals surface area contributed by atoms with Crippen molar-refractivity contribution in [3.8, 4) is 11.4 Å². The van der Waals surface area contributed by atoms with Gasteiger partial charge in [0.15, 0.2) is 5.82 Å². The van der Waals surface area contributed by atoms with E-state index in [9.17, 15) is 0 Å². The summed E-state index contributed by atoms with van der Waals surface area (Å²) in [4.78, 5) is 0. The molecule has 0 unspecified atom stereocenters. The fourth-order valence-corrected chi connectivity index (χ4v) is 2.56. The minimum Gasteiger partial charge on any atom is -0.355 e. The van der Waals surface area contributed by atoms with Crippen LogP contribution in [0.3, 0.4) is 0 Å². The first kappa shape index (κ1) is 13.1. The van der Waals surface area contributed by atoms with Gasteiger partial charge < -0.3 is 5.32 Å². The molecule has 4 nitrogen and oxygen atoms in total. The highest BCUT2D eigenvalue weighted by atomic mass is 79.9. The Hall–Kier alpha value is -1.36. The van der Waals surface area contributed by atoms with Crippen LogP contribution in [0.5, 0.6) is 0 Å². The molecule has 0 spiro atoms. The zero-order chi connectivity index (χ0) is 13.1. The quantitative estimate of drug-likeness (QED) is 0.940. The number of aromatic nitrogens is 3. The molecule has 0 aliphatic heterocycles. The largest absolute Gasteiger partial charge is 0.355 e. The maximum absolute atomic E-state index is 4.29. The molecule has 0 bridgehead atoms. The molecule has 2 rings (SSSR count). The molecule has 96 valence electrons. The van der Waals surface area contributed by atoms with Crippen LogP contribution < -0.4 is 5.32 Å². The highest BCUT2D eigenvalue weighted by molar-refractivity contribution is 9.10. The number of anilines is 1. The molecular formula is C13H17BrN4. The van der Waals surface area contributed by atoms with E-state index >= 15 is 0 Å². The summed E-state index contributed by atoms with van der Waals surface area (Å²) in [6.45, 7) is 7.90. The van der Waals surface area contributed by atoms with Crippen LogP contribution in [-0.2, 0) is 6.54 Å². The summed E-state index contributed by atoms with van der Waals surface area (Å²) < 4.78 is 3.13. The maximum atomic E-state index is 4.29. The Kier molecular flexibility index (Phi) is 4.01.